The van der Waals surface area contributed by atoms with Crippen LogP contribution in [0.4, 0.5) is 26.3 Å². The SMILES string of the molecule is Cn1cc(-c2cc(=O)n(-c3ccc(OCC(F)(F)F)nc3)c(OCC(F)(F)F)n2)cn1. The van der Waals surface area contributed by atoms with Gasteiger partial charge in [0.15, 0.2) is 13.2 Å². The van der Waals surface area contributed by atoms with Gasteiger partial charge in [0.1, 0.15) is 0 Å². The summed E-state index contributed by atoms with van der Waals surface area (Å²) in [5.74, 6) is -0.396. The van der Waals surface area contributed by atoms with Crippen LogP contribution < -0.4 is 15.0 Å². The third kappa shape index (κ3) is 5.96. The number of halogens is 6. The lowest BCUT2D eigenvalue weighted by molar-refractivity contribution is -0.155. The fourth-order valence-electron chi connectivity index (χ4n) is 2.39. The van der Waals surface area contributed by atoms with Gasteiger partial charge in [-0.3, -0.25) is 9.48 Å². The van der Waals surface area contributed by atoms with Crippen LogP contribution in [0.3, 0.4) is 0 Å². The summed E-state index contributed by atoms with van der Waals surface area (Å²) in [6, 6.07) is 2.52. The van der Waals surface area contributed by atoms with Crippen molar-refractivity contribution in [1.29, 1.82) is 0 Å². The molecule has 3 heterocycles. The van der Waals surface area contributed by atoms with Crippen LogP contribution in [0.15, 0.2) is 41.6 Å². The highest BCUT2D eigenvalue weighted by Gasteiger charge is 2.30. The summed E-state index contributed by atoms with van der Waals surface area (Å²) in [6.07, 6.45) is -5.50. The van der Waals surface area contributed by atoms with Crippen molar-refractivity contribution in [1.82, 2.24) is 24.3 Å². The summed E-state index contributed by atoms with van der Waals surface area (Å²) in [5.41, 5.74) is -0.522. The van der Waals surface area contributed by atoms with Crippen LogP contribution in [0.2, 0.25) is 0 Å². The number of ether oxygens (including phenoxy) is 2. The van der Waals surface area contributed by atoms with Gasteiger partial charge in [-0.15, -0.1) is 0 Å². The highest BCUT2D eigenvalue weighted by atomic mass is 19.4. The maximum absolute atomic E-state index is 12.7. The fourth-order valence-corrected chi connectivity index (χ4v) is 2.39. The van der Waals surface area contributed by atoms with Gasteiger partial charge in [0, 0.05) is 30.9 Å². The zero-order valence-corrected chi connectivity index (χ0v) is 15.6. The maximum atomic E-state index is 12.7. The van der Waals surface area contributed by atoms with Gasteiger partial charge in [0.05, 0.1) is 23.8 Å². The van der Waals surface area contributed by atoms with Crippen molar-refractivity contribution in [3.05, 3.63) is 47.1 Å². The molecule has 0 fully saturated rings. The molecule has 0 N–H and O–H groups in total. The molecule has 166 valence electrons. The van der Waals surface area contributed by atoms with E-state index in [1.54, 1.807) is 7.05 Å². The second kappa shape index (κ2) is 8.28. The van der Waals surface area contributed by atoms with Gasteiger partial charge in [-0.2, -0.15) is 36.4 Å². The summed E-state index contributed by atoms with van der Waals surface area (Å²) in [4.78, 5) is 20.2. The third-order valence-electron chi connectivity index (χ3n) is 3.62. The first-order chi connectivity index (χ1) is 14.4. The summed E-state index contributed by atoms with van der Waals surface area (Å²) in [6.45, 7) is -3.31. The molecule has 0 aliphatic rings. The average molecular weight is 449 g/mol. The number of aromatic nitrogens is 5. The molecule has 0 aliphatic carbocycles. The number of rotatable bonds is 6. The Morgan fingerprint density at radius 1 is 1.00 bits per heavy atom. The average Bonchev–Trinajstić information content (AvgIpc) is 3.10. The van der Waals surface area contributed by atoms with Gasteiger partial charge in [0.25, 0.3) is 5.56 Å². The van der Waals surface area contributed by atoms with Gasteiger partial charge in [-0.25, -0.2) is 9.55 Å². The van der Waals surface area contributed by atoms with Crippen LogP contribution in [0, 0.1) is 0 Å². The molecule has 14 heteroatoms. The number of pyridine rings is 1. The number of hydrogen-bond donors (Lipinski definition) is 0. The normalized spacial score (nSPS) is 12.1. The first kappa shape index (κ1) is 22.1. The molecule has 0 saturated heterocycles. The Hall–Kier alpha value is -3.58. The minimum absolute atomic E-state index is 0.0182. The van der Waals surface area contributed by atoms with Crippen LogP contribution >= 0.6 is 0 Å². The molecule has 0 unspecified atom stereocenters. The van der Waals surface area contributed by atoms with E-state index in [0.29, 0.717) is 10.1 Å². The molecule has 0 aliphatic heterocycles. The first-order valence-electron chi connectivity index (χ1n) is 8.40. The lowest BCUT2D eigenvalue weighted by atomic mass is 10.2. The highest BCUT2D eigenvalue weighted by molar-refractivity contribution is 5.57. The highest BCUT2D eigenvalue weighted by Crippen LogP contribution is 2.23. The van der Waals surface area contributed by atoms with Gasteiger partial charge in [0.2, 0.25) is 5.88 Å². The minimum atomic E-state index is -4.71. The number of alkyl halides is 6. The monoisotopic (exact) mass is 449 g/mol. The molecule has 0 atom stereocenters. The molecule has 3 rings (SSSR count). The van der Waals surface area contributed by atoms with Crippen LogP contribution in [0.1, 0.15) is 0 Å². The topological polar surface area (TPSA) is 84.1 Å². The van der Waals surface area contributed by atoms with Gasteiger partial charge >= 0.3 is 18.4 Å². The Bertz CT molecular complexity index is 1110. The van der Waals surface area contributed by atoms with Crippen LogP contribution in [0.5, 0.6) is 11.9 Å². The smallest absolute Gasteiger partial charge is 0.422 e. The van der Waals surface area contributed by atoms with Crippen molar-refractivity contribution in [3.63, 3.8) is 0 Å². The molecule has 8 nitrogen and oxygen atoms in total. The Morgan fingerprint density at radius 2 is 1.68 bits per heavy atom. The minimum Gasteiger partial charge on any atom is -0.468 e. The second-order valence-electron chi connectivity index (χ2n) is 6.16. The number of hydrogen-bond acceptors (Lipinski definition) is 6. The van der Waals surface area contributed by atoms with Crippen molar-refractivity contribution in [2.24, 2.45) is 7.05 Å². The summed E-state index contributed by atoms with van der Waals surface area (Å²) in [7, 11) is 1.60. The van der Waals surface area contributed by atoms with E-state index in [-0.39, 0.29) is 11.4 Å². The van der Waals surface area contributed by atoms with E-state index in [1.807, 2.05) is 0 Å². The largest absolute Gasteiger partial charge is 0.468 e. The maximum Gasteiger partial charge on any atom is 0.422 e. The molecule has 0 spiro atoms. The van der Waals surface area contributed by atoms with E-state index >= 15 is 0 Å². The summed E-state index contributed by atoms with van der Waals surface area (Å²) >= 11 is 0. The molecular weight excluding hydrogens is 436 g/mol. The molecule has 0 amide bonds. The third-order valence-corrected chi connectivity index (χ3v) is 3.62. The Kier molecular flexibility index (Phi) is 5.90. The molecule has 0 saturated carbocycles. The molecule has 3 aromatic heterocycles. The summed E-state index contributed by atoms with van der Waals surface area (Å²) < 4.78 is 86.0. The van der Waals surface area contributed by atoms with E-state index in [9.17, 15) is 31.1 Å². The van der Waals surface area contributed by atoms with Crippen LogP contribution in [-0.4, -0.2) is 49.9 Å². The van der Waals surface area contributed by atoms with Crippen molar-refractivity contribution in [3.8, 4) is 28.8 Å². The lowest BCUT2D eigenvalue weighted by Crippen LogP contribution is -2.26. The fraction of sp³-hybridized carbons (Fsp3) is 0.294. The standard InChI is InChI=1S/C17H13F6N5O3/c1-27-7-10(5-25-27)12-4-14(29)28(15(26-12)31-9-17(21,22)23)11-2-3-13(24-6-11)30-8-16(18,19)20/h2-7H,8-9H2,1H3. The molecule has 0 aromatic carbocycles. The van der Waals surface area contributed by atoms with E-state index < -0.39 is 43.0 Å². The molecule has 31 heavy (non-hydrogen) atoms. The van der Waals surface area contributed by atoms with Crippen molar-refractivity contribution in [2.45, 2.75) is 12.4 Å². The second-order valence-corrected chi connectivity index (χ2v) is 6.16. The van der Waals surface area contributed by atoms with E-state index in [1.165, 1.54) is 17.1 Å². The zero-order chi connectivity index (χ0) is 22.8. The molecule has 0 bridgehead atoms. The van der Waals surface area contributed by atoms with E-state index in [2.05, 4.69) is 19.8 Å². The Balaban J connectivity index is 1.98. The first-order valence-corrected chi connectivity index (χ1v) is 8.40. The molecule has 3 aromatic rings. The van der Waals surface area contributed by atoms with Crippen molar-refractivity contribution >= 4 is 0 Å². The van der Waals surface area contributed by atoms with Gasteiger partial charge < -0.3 is 9.47 Å². The molecular formula is C17H13F6N5O3. The Labute approximate surface area is 169 Å². The van der Waals surface area contributed by atoms with E-state index in [0.717, 1.165) is 24.4 Å². The zero-order valence-electron chi connectivity index (χ0n) is 15.6. The lowest BCUT2D eigenvalue weighted by Gasteiger charge is -2.15. The quantitative estimate of drug-likeness (QED) is 0.539. The summed E-state index contributed by atoms with van der Waals surface area (Å²) in [5, 5.41) is 3.91. The van der Waals surface area contributed by atoms with Gasteiger partial charge in [-0.05, 0) is 6.07 Å². The van der Waals surface area contributed by atoms with E-state index in [4.69, 9.17) is 4.74 Å². The van der Waals surface area contributed by atoms with Crippen molar-refractivity contribution < 1.29 is 35.8 Å². The number of aryl methyl sites for hydroxylation is 1. The predicted molar refractivity (Wildman–Crippen MR) is 92.9 cm³/mol. The van der Waals surface area contributed by atoms with Crippen LogP contribution in [-0.2, 0) is 7.05 Å². The predicted octanol–water partition coefficient (Wildman–Crippen LogP) is 2.91. The van der Waals surface area contributed by atoms with Gasteiger partial charge in [-0.1, -0.05) is 0 Å². The van der Waals surface area contributed by atoms with Crippen molar-refractivity contribution in [2.75, 3.05) is 13.2 Å². The number of nitrogens with zero attached hydrogens (tertiary/aromatic N) is 5. The Morgan fingerprint density at radius 3 is 2.23 bits per heavy atom. The van der Waals surface area contributed by atoms with Crippen LogP contribution in [0.25, 0.3) is 16.9 Å². The molecule has 0 radical (unpaired) electrons.